The van der Waals surface area contributed by atoms with Crippen LogP contribution in [0.5, 0.6) is 0 Å². The number of amidine groups is 1. The van der Waals surface area contributed by atoms with Gasteiger partial charge in [-0.15, -0.1) is 0 Å². The Hall–Kier alpha value is -5.57. The number of nitrogens with one attached hydrogen (secondary N) is 4. The number of alkyl halides is 6. The van der Waals surface area contributed by atoms with E-state index in [0.29, 0.717) is 10.7 Å². The highest BCUT2D eigenvalue weighted by Gasteiger charge is 2.51. The summed E-state index contributed by atoms with van der Waals surface area (Å²) >= 11 is 7.79. The van der Waals surface area contributed by atoms with Crippen LogP contribution >= 0.6 is 23.5 Å². The number of rotatable bonds is 15. The highest BCUT2D eigenvalue weighted by atomic mass is 35.5. The van der Waals surface area contributed by atoms with Gasteiger partial charge in [-0.05, 0) is 67.1 Å². The lowest BCUT2D eigenvalue weighted by Crippen LogP contribution is -2.38. The van der Waals surface area contributed by atoms with E-state index in [4.69, 9.17) is 17.0 Å². The summed E-state index contributed by atoms with van der Waals surface area (Å²) in [5, 5.41) is 17.7. The minimum atomic E-state index is -3.64. The summed E-state index contributed by atoms with van der Waals surface area (Å²) in [7, 11) is 0. The van der Waals surface area contributed by atoms with E-state index in [9.17, 15) is 35.9 Å². The molecule has 3 heterocycles. The molecule has 0 saturated heterocycles. The van der Waals surface area contributed by atoms with Gasteiger partial charge in [-0.3, -0.25) is 24.2 Å². The van der Waals surface area contributed by atoms with Crippen LogP contribution in [-0.4, -0.2) is 59.3 Å². The van der Waals surface area contributed by atoms with Crippen LogP contribution in [0.2, 0.25) is 5.02 Å². The molecule has 316 valence electrons. The van der Waals surface area contributed by atoms with Gasteiger partial charge in [0, 0.05) is 47.7 Å². The number of nitrogens with zero attached hydrogens (tertiary/aromatic N) is 6. The summed E-state index contributed by atoms with van der Waals surface area (Å²) in [4.78, 5) is 41.3. The molecule has 0 aliphatic heterocycles. The van der Waals surface area contributed by atoms with E-state index in [1.807, 2.05) is 0 Å². The Bertz CT molecular complexity index is 2480. The van der Waals surface area contributed by atoms with Crippen LogP contribution in [0, 0.1) is 23.0 Å². The first-order valence-corrected chi connectivity index (χ1v) is 19.5. The predicted molar refractivity (Wildman–Crippen MR) is 206 cm³/mol. The molecular weight excluding hydrogens is 848 g/mol. The van der Waals surface area contributed by atoms with Gasteiger partial charge in [0.05, 0.1) is 34.5 Å². The van der Waals surface area contributed by atoms with Crippen molar-refractivity contribution in [2.45, 2.75) is 69.2 Å². The number of halogens is 9. The fourth-order valence-electron chi connectivity index (χ4n) is 6.85. The van der Waals surface area contributed by atoms with Crippen LogP contribution < -0.4 is 20.9 Å². The number of aromatic nitrogens is 6. The molecule has 1 fully saturated rings. The number of hydrogen-bond acceptors (Lipinski definition) is 9. The van der Waals surface area contributed by atoms with Gasteiger partial charge < -0.3 is 15.4 Å². The Morgan fingerprint density at radius 2 is 1.77 bits per heavy atom. The molecule has 7 rings (SSSR count). The largest absolute Gasteiger partial charge is 0.377 e. The third-order valence-electron chi connectivity index (χ3n) is 9.68. The second-order valence-electron chi connectivity index (χ2n) is 14.1. The van der Waals surface area contributed by atoms with Crippen molar-refractivity contribution in [3.05, 3.63) is 116 Å². The molecule has 1 saturated carbocycles. The summed E-state index contributed by atoms with van der Waals surface area (Å²) in [5.74, 6) is -9.03. The zero-order valence-corrected chi connectivity index (χ0v) is 32.7. The molecule has 0 radical (unpaired) electrons. The topological polar surface area (TPSA) is 156 Å². The Labute approximate surface area is 344 Å². The number of carbonyl (C=O) groups is 1. The van der Waals surface area contributed by atoms with Crippen molar-refractivity contribution in [3.8, 4) is 17.2 Å². The summed E-state index contributed by atoms with van der Waals surface area (Å²) < 4.78 is 120. The van der Waals surface area contributed by atoms with Crippen LogP contribution in [0.4, 0.5) is 40.8 Å². The van der Waals surface area contributed by atoms with Crippen molar-refractivity contribution in [1.29, 1.82) is 5.41 Å². The predicted octanol–water partition coefficient (Wildman–Crippen LogP) is 7.54. The average molecular weight is 881 g/mol. The Morgan fingerprint density at radius 1 is 1.07 bits per heavy atom. The molecule has 4 N–H and O–H groups in total. The molecule has 0 bridgehead atoms. The van der Waals surface area contributed by atoms with E-state index < -0.39 is 103 Å². The first-order valence-electron chi connectivity index (χ1n) is 18.3. The summed E-state index contributed by atoms with van der Waals surface area (Å²) in [6.07, 6.45) is -2.75. The van der Waals surface area contributed by atoms with E-state index in [0.717, 1.165) is 42.5 Å². The fraction of sp³-hybridized carbons (Fsp3) is 0.342. The number of fused-ring (bicyclic) bond motifs is 1. The van der Waals surface area contributed by atoms with Gasteiger partial charge in [0.25, 0.3) is 24.3 Å². The Morgan fingerprint density at radius 3 is 2.42 bits per heavy atom. The van der Waals surface area contributed by atoms with Crippen molar-refractivity contribution in [2.24, 2.45) is 5.92 Å². The minimum Gasteiger partial charge on any atom is -0.377 e. The minimum absolute atomic E-state index is 0.0811. The SMILES string of the molecule is CC1Cc2c(C(F)F)nn(CC(=O)NC(Cc3cc(F)cc(F)c3)c3nc(-c4ncccn4)cc(=O)n3-c3ccc(Cl)c(C(=N)NSC4CC4)c3NCC(F)F)c2C1(F)F. The second-order valence-corrected chi connectivity index (χ2v) is 15.6. The molecule has 2 aliphatic carbocycles. The summed E-state index contributed by atoms with van der Waals surface area (Å²) in [6, 6.07) is 5.83. The van der Waals surface area contributed by atoms with E-state index in [1.54, 1.807) is 0 Å². The third kappa shape index (κ3) is 8.96. The van der Waals surface area contributed by atoms with Crippen molar-refractivity contribution in [3.63, 3.8) is 0 Å². The summed E-state index contributed by atoms with van der Waals surface area (Å²) in [6.45, 7) is -0.874. The van der Waals surface area contributed by atoms with E-state index >= 15 is 8.78 Å². The summed E-state index contributed by atoms with van der Waals surface area (Å²) in [5.41, 5.74) is -3.97. The second kappa shape index (κ2) is 17.2. The zero-order chi connectivity index (χ0) is 43.0. The van der Waals surface area contributed by atoms with Gasteiger partial charge in [-0.1, -0.05) is 18.5 Å². The zero-order valence-electron chi connectivity index (χ0n) is 31.1. The highest BCUT2D eigenvalue weighted by molar-refractivity contribution is 7.98. The third-order valence-corrected chi connectivity index (χ3v) is 11.1. The molecule has 1 amide bonds. The number of benzene rings is 2. The van der Waals surface area contributed by atoms with Crippen LogP contribution in [0.1, 0.15) is 66.1 Å². The van der Waals surface area contributed by atoms with Crippen molar-refractivity contribution in [2.75, 3.05) is 11.9 Å². The standard InChI is InChI=1S/C38H33ClF8N10O2S/c1-17-9-22-31(34(44)45)54-56(33(22)38(17,46)47)16-28(58)52-25(12-18-10-19(40)13-20(41)11-18)37-53-24(36-49-7-2-8-50-36)14-29(59)57(37)26-6-5-23(39)30(32(26)51-15-27(42)43)35(48)55-60-21-3-4-21/h2,5-8,10-11,13-14,17,21,25,27,34,51H,3-4,9,12,15-16H2,1H3,(H2,48,55)(H,52,58). The van der Waals surface area contributed by atoms with Crippen LogP contribution in [0.15, 0.2) is 59.7 Å². The van der Waals surface area contributed by atoms with Gasteiger partial charge in [-0.25, -0.2) is 41.3 Å². The van der Waals surface area contributed by atoms with Crippen LogP contribution in [-0.2, 0) is 30.1 Å². The molecule has 3 aromatic heterocycles. The fourth-order valence-corrected chi connectivity index (χ4v) is 7.86. The first-order chi connectivity index (χ1) is 28.5. The van der Waals surface area contributed by atoms with Gasteiger partial charge in [-0.2, -0.15) is 13.9 Å². The maximum Gasteiger partial charge on any atom is 0.292 e. The van der Waals surface area contributed by atoms with Crippen molar-refractivity contribution in [1.82, 2.24) is 39.3 Å². The smallest absolute Gasteiger partial charge is 0.292 e. The van der Waals surface area contributed by atoms with Crippen LogP contribution in [0.25, 0.3) is 17.2 Å². The van der Waals surface area contributed by atoms with Gasteiger partial charge >= 0.3 is 0 Å². The van der Waals surface area contributed by atoms with Crippen LogP contribution in [0.3, 0.4) is 0 Å². The maximum absolute atomic E-state index is 15.4. The first kappa shape index (κ1) is 42.6. The molecule has 2 aromatic carbocycles. The highest BCUT2D eigenvalue weighted by Crippen LogP contribution is 2.48. The van der Waals surface area contributed by atoms with E-state index in [1.165, 1.54) is 42.5 Å². The number of anilines is 1. The Kier molecular flexibility index (Phi) is 12.2. The van der Waals surface area contributed by atoms with Crippen molar-refractivity contribution < 1.29 is 39.9 Å². The van der Waals surface area contributed by atoms with Gasteiger partial charge in [0.1, 0.15) is 46.9 Å². The normalized spacial score (nSPS) is 16.2. The average Bonchev–Trinajstić information content (AvgIpc) is 3.90. The van der Waals surface area contributed by atoms with E-state index in [2.05, 4.69) is 35.4 Å². The lowest BCUT2D eigenvalue weighted by atomic mass is 10.0. The lowest BCUT2D eigenvalue weighted by Gasteiger charge is -2.26. The molecule has 22 heteroatoms. The van der Waals surface area contributed by atoms with E-state index in [-0.39, 0.29) is 50.1 Å². The lowest BCUT2D eigenvalue weighted by molar-refractivity contribution is -0.123. The molecule has 60 heavy (non-hydrogen) atoms. The number of carbonyl (C=O) groups excluding carboxylic acids is 1. The molecule has 0 spiro atoms. The molecule has 2 atom stereocenters. The number of amides is 1. The van der Waals surface area contributed by atoms with Gasteiger partial charge in [0.2, 0.25) is 5.91 Å². The number of hydrogen-bond donors (Lipinski definition) is 4. The maximum atomic E-state index is 15.4. The molecular formula is C38H33ClF8N10O2S. The molecule has 5 aromatic rings. The molecule has 2 unspecified atom stereocenters. The van der Waals surface area contributed by atoms with Gasteiger partial charge in [0.15, 0.2) is 5.82 Å². The molecule has 12 nitrogen and oxygen atoms in total. The molecule has 2 aliphatic rings. The van der Waals surface area contributed by atoms with Crippen molar-refractivity contribution >= 4 is 41.0 Å². The monoisotopic (exact) mass is 880 g/mol. The Balaban J connectivity index is 1.41. The quantitative estimate of drug-likeness (QED) is 0.0361.